The maximum absolute atomic E-state index is 13.3. The highest BCUT2D eigenvalue weighted by Gasteiger charge is 2.46. The Bertz CT molecular complexity index is 1110. The van der Waals surface area contributed by atoms with E-state index in [2.05, 4.69) is 20.1 Å². The zero-order chi connectivity index (χ0) is 22.5. The topological polar surface area (TPSA) is 63.0 Å². The Morgan fingerprint density at radius 3 is 2.47 bits per heavy atom. The molecule has 2 saturated heterocycles. The van der Waals surface area contributed by atoms with E-state index in [0.717, 1.165) is 23.7 Å². The summed E-state index contributed by atoms with van der Waals surface area (Å²) in [4.78, 5) is 16.1. The summed E-state index contributed by atoms with van der Waals surface area (Å²) in [6, 6.07) is 2.99. The van der Waals surface area contributed by atoms with Crippen LogP contribution in [0.2, 0.25) is 0 Å². The minimum absolute atomic E-state index is 0.00302. The molecule has 2 fully saturated rings. The lowest BCUT2D eigenvalue weighted by Crippen LogP contribution is -2.61. The highest BCUT2D eigenvalue weighted by Crippen LogP contribution is 2.44. The van der Waals surface area contributed by atoms with Crippen LogP contribution in [0.25, 0.3) is 11.2 Å². The van der Waals surface area contributed by atoms with Gasteiger partial charge in [-0.05, 0) is 25.0 Å². The van der Waals surface area contributed by atoms with Gasteiger partial charge in [-0.2, -0.15) is 18.3 Å². The maximum atomic E-state index is 13.3. The van der Waals surface area contributed by atoms with Gasteiger partial charge in [-0.1, -0.05) is 0 Å². The molecular weight excluding hydrogens is 433 g/mol. The molecule has 0 aliphatic carbocycles. The highest BCUT2D eigenvalue weighted by molar-refractivity contribution is 5.71. The largest absolute Gasteiger partial charge is 0.435 e. The molecule has 0 amide bonds. The van der Waals surface area contributed by atoms with Crippen LogP contribution in [0.4, 0.5) is 33.5 Å². The summed E-state index contributed by atoms with van der Waals surface area (Å²) < 4.78 is 66.6. The molecule has 0 atom stereocenters. The van der Waals surface area contributed by atoms with Gasteiger partial charge in [-0.25, -0.2) is 28.4 Å². The van der Waals surface area contributed by atoms with Crippen LogP contribution in [0, 0.1) is 5.41 Å². The van der Waals surface area contributed by atoms with Crippen LogP contribution in [0.1, 0.15) is 18.5 Å². The van der Waals surface area contributed by atoms with E-state index in [1.165, 1.54) is 18.3 Å². The summed E-state index contributed by atoms with van der Waals surface area (Å²) in [7, 11) is 0. The minimum Gasteiger partial charge on any atom is -0.370 e. The van der Waals surface area contributed by atoms with E-state index in [-0.39, 0.29) is 11.1 Å². The predicted octanol–water partition coefficient (Wildman–Crippen LogP) is 3.61. The molecule has 0 N–H and O–H groups in total. The average molecular weight is 453 g/mol. The molecule has 12 heteroatoms. The van der Waals surface area contributed by atoms with Gasteiger partial charge in [0, 0.05) is 37.8 Å². The maximum Gasteiger partial charge on any atom is 0.435 e. The molecule has 0 bridgehead atoms. The first-order valence-electron chi connectivity index (χ1n) is 10.2. The van der Waals surface area contributed by atoms with Gasteiger partial charge in [-0.3, -0.25) is 0 Å². The van der Waals surface area contributed by atoms with Gasteiger partial charge in [-0.15, -0.1) is 0 Å². The summed E-state index contributed by atoms with van der Waals surface area (Å²) in [5, 5.41) is 3.93. The van der Waals surface area contributed by atoms with Crippen LogP contribution in [0.3, 0.4) is 0 Å². The van der Waals surface area contributed by atoms with Crippen molar-refractivity contribution in [1.29, 1.82) is 0 Å². The lowest BCUT2D eigenvalue weighted by atomic mass is 9.72. The van der Waals surface area contributed by atoms with E-state index < -0.39 is 24.8 Å². The Balaban J connectivity index is 1.26. The quantitative estimate of drug-likeness (QED) is 0.563. The monoisotopic (exact) mass is 453 g/mol. The molecule has 1 spiro atoms. The van der Waals surface area contributed by atoms with Crippen LogP contribution < -0.4 is 9.80 Å². The average Bonchev–Trinajstić information content (AvgIpc) is 3.13. The summed E-state index contributed by atoms with van der Waals surface area (Å²) in [5.74, 6) is 0.591. The second-order valence-corrected chi connectivity index (χ2v) is 8.37. The highest BCUT2D eigenvalue weighted by atomic mass is 19.4. The number of rotatable bonds is 4. The smallest absolute Gasteiger partial charge is 0.370 e. The predicted molar refractivity (Wildman–Crippen MR) is 107 cm³/mol. The molecular formula is C20H20F5N7. The number of fused-ring (bicyclic) bond motifs is 1. The molecule has 0 saturated carbocycles. The number of piperidine rings is 1. The molecule has 5 rings (SSSR count). The van der Waals surface area contributed by atoms with E-state index in [0.29, 0.717) is 43.2 Å². The third-order valence-corrected chi connectivity index (χ3v) is 6.24. The zero-order valence-corrected chi connectivity index (χ0v) is 16.9. The Labute approximate surface area is 179 Å². The fourth-order valence-electron chi connectivity index (χ4n) is 4.59. The van der Waals surface area contributed by atoms with Gasteiger partial charge in [0.05, 0.1) is 18.1 Å². The standard InChI is InChI=1S/C20H20F5N7/c21-15(22)10-32-18-13(8-28-32)27-9-16(29-18)31-11-19(12-31)3-6-30(7-4-19)14-2-1-5-26-17(14)20(23,24)25/h1-2,5,8-9,15H,3-4,6-7,10-12H2. The molecule has 0 radical (unpaired) electrons. The number of anilines is 2. The SMILES string of the molecule is FC(F)Cn1ncc2ncc(N3CC4(CCN(c5cccnc5C(F)(F)F)CC4)C3)nc21. The molecule has 2 aliphatic heterocycles. The molecule has 5 heterocycles. The fraction of sp³-hybridized carbons (Fsp3) is 0.500. The van der Waals surface area contributed by atoms with Crippen molar-refractivity contribution in [2.24, 2.45) is 5.41 Å². The number of halogens is 5. The number of nitrogens with zero attached hydrogens (tertiary/aromatic N) is 7. The Hall–Kier alpha value is -3.05. The van der Waals surface area contributed by atoms with Crippen LogP contribution >= 0.6 is 0 Å². The van der Waals surface area contributed by atoms with Crippen molar-refractivity contribution in [1.82, 2.24) is 24.7 Å². The Kier molecular flexibility index (Phi) is 4.90. The molecule has 2 aliphatic rings. The Morgan fingerprint density at radius 2 is 1.78 bits per heavy atom. The van der Waals surface area contributed by atoms with Crippen LogP contribution in [0.15, 0.2) is 30.7 Å². The van der Waals surface area contributed by atoms with Gasteiger partial charge in [0.2, 0.25) is 0 Å². The molecule has 0 aromatic carbocycles. The molecule has 7 nitrogen and oxygen atoms in total. The van der Waals surface area contributed by atoms with E-state index >= 15 is 0 Å². The normalized spacial score (nSPS) is 18.6. The van der Waals surface area contributed by atoms with E-state index in [1.54, 1.807) is 11.1 Å². The minimum atomic E-state index is -4.49. The van der Waals surface area contributed by atoms with Crippen LogP contribution in [-0.4, -0.2) is 57.3 Å². The summed E-state index contributed by atoms with van der Waals surface area (Å²) in [6.07, 6.45) is -1.37. The Morgan fingerprint density at radius 1 is 1.03 bits per heavy atom. The molecule has 0 unspecified atom stereocenters. The summed E-state index contributed by atoms with van der Waals surface area (Å²) >= 11 is 0. The first kappa shape index (κ1) is 20.8. The van der Waals surface area contributed by atoms with Crippen molar-refractivity contribution in [3.63, 3.8) is 0 Å². The number of hydrogen-bond acceptors (Lipinski definition) is 6. The van der Waals surface area contributed by atoms with E-state index in [1.807, 2.05) is 4.90 Å². The lowest BCUT2D eigenvalue weighted by molar-refractivity contribution is -0.140. The van der Waals surface area contributed by atoms with Gasteiger partial charge >= 0.3 is 6.18 Å². The summed E-state index contributed by atoms with van der Waals surface area (Å²) in [5.41, 5.74) is 0.0336. The van der Waals surface area contributed by atoms with E-state index in [4.69, 9.17) is 0 Å². The first-order valence-corrected chi connectivity index (χ1v) is 10.2. The second-order valence-electron chi connectivity index (χ2n) is 8.37. The molecule has 32 heavy (non-hydrogen) atoms. The second kappa shape index (κ2) is 7.52. The fourth-order valence-corrected chi connectivity index (χ4v) is 4.59. The third-order valence-electron chi connectivity index (χ3n) is 6.24. The first-order chi connectivity index (χ1) is 15.2. The third kappa shape index (κ3) is 3.71. The van der Waals surface area contributed by atoms with Gasteiger partial charge in [0.15, 0.2) is 11.3 Å². The molecule has 170 valence electrons. The number of aromatic nitrogens is 5. The van der Waals surface area contributed by atoms with Crippen LogP contribution in [-0.2, 0) is 12.7 Å². The van der Waals surface area contributed by atoms with Crippen molar-refractivity contribution in [2.45, 2.75) is 32.0 Å². The van der Waals surface area contributed by atoms with Gasteiger partial charge in [0.1, 0.15) is 17.9 Å². The van der Waals surface area contributed by atoms with Crippen molar-refractivity contribution >= 4 is 22.7 Å². The van der Waals surface area contributed by atoms with Crippen molar-refractivity contribution < 1.29 is 22.0 Å². The van der Waals surface area contributed by atoms with Gasteiger partial charge in [0.25, 0.3) is 6.43 Å². The number of hydrogen-bond donors (Lipinski definition) is 0. The summed E-state index contributed by atoms with van der Waals surface area (Å²) in [6.45, 7) is 1.87. The van der Waals surface area contributed by atoms with Crippen molar-refractivity contribution in [3.8, 4) is 0 Å². The van der Waals surface area contributed by atoms with Crippen molar-refractivity contribution in [3.05, 3.63) is 36.4 Å². The molecule has 3 aromatic heterocycles. The van der Waals surface area contributed by atoms with Crippen LogP contribution in [0.5, 0.6) is 0 Å². The van der Waals surface area contributed by atoms with Gasteiger partial charge < -0.3 is 9.80 Å². The van der Waals surface area contributed by atoms with E-state index in [9.17, 15) is 22.0 Å². The number of pyridine rings is 1. The lowest BCUT2D eigenvalue weighted by Gasteiger charge is -2.54. The number of alkyl halides is 5. The molecule has 3 aromatic rings. The van der Waals surface area contributed by atoms with Crippen molar-refractivity contribution in [2.75, 3.05) is 36.0 Å². The zero-order valence-electron chi connectivity index (χ0n) is 16.9.